The first-order chi connectivity index (χ1) is 5.33. The molecule has 2 atom stereocenters. The van der Waals surface area contributed by atoms with Crippen LogP contribution in [0.15, 0.2) is 0 Å². The molecule has 0 amide bonds. The third-order valence-corrected chi connectivity index (χ3v) is 2.43. The molecule has 1 heterocycles. The van der Waals surface area contributed by atoms with Crippen LogP contribution in [-0.2, 0) is 0 Å². The lowest BCUT2D eigenvalue weighted by atomic mass is 9.96. The molecule has 0 bridgehead atoms. The molecule has 1 aliphatic rings. The summed E-state index contributed by atoms with van der Waals surface area (Å²) in [5.74, 6) is 1.03. The fraction of sp³-hybridized carbons (Fsp3) is 0.889. The Kier molecular flexibility index (Phi) is 5.87. The van der Waals surface area contributed by atoms with E-state index in [2.05, 4.69) is 14.0 Å². The zero-order valence-electron chi connectivity index (χ0n) is 7.56. The van der Waals surface area contributed by atoms with Crippen molar-refractivity contribution in [1.82, 2.24) is 0 Å². The zero-order chi connectivity index (χ0) is 8.69. The summed E-state index contributed by atoms with van der Waals surface area (Å²) in [6.07, 6.45) is 4.31. The smallest absolute Gasteiger partial charge is 0.0797 e. The second kappa shape index (κ2) is 6.18. The fourth-order valence-corrected chi connectivity index (χ4v) is 1.74. The van der Waals surface area contributed by atoms with Crippen molar-refractivity contribution in [2.24, 2.45) is 5.92 Å². The molecule has 0 saturated carbocycles. The Morgan fingerprint density at radius 3 is 2.55 bits per heavy atom. The quantitative estimate of drug-likeness (QED) is 0.545. The van der Waals surface area contributed by atoms with Gasteiger partial charge in [0.15, 0.2) is 0 Å². The van der Waals surface area contributed by atoms with Crippen molar-refractivity contribution >= 4 is 0 Å². The number of piperidine rings is 1. The summed E-state index contributed by atoms with van der Waals surface area (Å²) in [5, 5.41) is 6.25. The summed E-state index contributed by atoms with van der Waals surface area (Å²) in [5.41, 5.74) is 0. The van der Waals surface area contributed by atoms with Crippen molar-refractivity contribution in [3.8, 4) is 0 Å². The molecule has 1 saturated heterocycles. The molecule has 2 heteroatoms. The van der Waals surface area contributed by atoms with E-state index in [1.807, 2.05) is 0 Å². The summed E-state index contributed by atoms with van der Waals surface area (Å²) in [6.45, 7) is 9.87. The van der Waals surface area contributed by atoms with Gasteiger partial charge in [-0.25, -0.2) is 0 Å². The highest BCUT2D eigenvalue weighted by atomic mass is 15.1. The van der Waals surface area contributed by atoms with Gasteiger partial charge >= 0.3 is 0 Å². The maximum absolute atomic E-state index is 6.25. The van der Waals surface area contributed by atoms with Gasteiger partial charge in [-0.2, -0.15) is 0 Å². The Labute approximate surface area is 69.8 Å². The average molecular weight is 154 g/mol. The van der Waals surface area contributed by atoms with E-state index in [0.29, 0.717) is 0 Å². The van der Waals surface area contributed by atoms with Gasteiger partial charge < -0.3 is 16.7 Å². The molecule has 0 radical (unpaired) electrons. The van der Waals surface area contributed by atoms with Crippen LogP contribution in [0.5, 0.6) is 0 Å². The highest BCUT2D eigenvalue weighted by Crippen LogP contribution is 2.09. The van der Waals surface area contributed by atoms with Crippen LogP contribution in [0.1, 0.15) is 26.2 Å². The van der Waals surface area contributed by atoms with Gasteiger partial charge in [0.1, 0.15) is 0 Å². The normalized spacial score (nSPS) is 30.2. The third-order valence-electron chi connectivity index (χ3n) is 2.43. The van der Waals surface area contributed by atoms with E-state index in [-0.39, 0.29) is 0 Å². The minimum Gasteiger partial charge on any atom is -0.512 e. The number of rotatable bonds is 1. The standard InChI is InChI=1S/C8H17N.CN/c1-3-8-5-4-6-9(2)7-8;1-2/h8H,3-7H2,1-2H3;/q;-1/p+1. The molecular formula is C9H18N2. The van der Waals surface area contributed by atoms with Crippen LogP contribution in [0.3, 0.4) is 0 Å². The monoisotopic (exact) mass is 154 g/mol. The minimum absolute atomic E-state index is 1.03. The van der Waals surface area contributed by atoms with Crippen molar-refractivity contribution in [2.75, 3.05) is 20.1 Å². The lowest BCUT2D eigenvalue weighted by Gasteiger charge is -2.25. The number of likely N-dealkylation sites (tertiary alicyclic amines) is 1. The van der Waals surface area contributed by atoms with E-state index >= 15 is 0 Å². The molecule has 0 aromatic heterocycles. The molecule has 2 nitrogen and oxygen atoms in total. The van der Waals surface area contributed by atoms with Crippen LogP contribution < -0.4 is 4.90 Å². The lowest BCUT2D eigenvalue weighted by molar-refractivity contribution is -0.888. The van der Waals surface area contributed by atoms with Crippen molar-refractivity contribution in [3.63, 3.8) is 0 Å². The summed E-state index contributed by atoms with van der Waals surface area (Å²) < 4.78 is 0. The van der Waals surface area contributed by atoms with Gasteiger partial charge in [0.25, 0.3) is 0 Å². The number of hydrogen-bond donors (Lipinski definition) is 1. The van der Waals surface area contributed by atoms with E-state index in [1.165, 1.54) is 32.4 Å². The maximum atomic E-state index is 6.25. The maximum Gasteiger partial charge on any atom is 0.0797 e. The van der Waals surface area contributed by atoms with Gasteiger partial charge in [0.2, 0.25) is 0 Å². The first-order valence-corrected chi connectivity index (χ1v) is 4.36. The SMILES string of the molecule is CCC1CCC[NH+](C)C1.[C-]#N. The van der Waals surface area contributed by atoms with E-state index in [0.717, 1.165) is 5.92 Å². The van der Waals surface area contributed by atoms with Crippen molar-refractivity contribution < 1.29 is 4.90 Å². The van der Waals surface area contributed by atoms with Crippen LogP contribution in [-0.4, -0.2) is 20.1 Å². The molecule has 2 unspecified atom stereocenters. The third kappa shape index (κ3) is 4.00. The molecular weight excluding hydrogens is 136 g/mol. The molecule has 1 rings (SSSR count). The molecule has 1 aliphatic heterocycles. The van der Waals surface area contributed by atoms with E-state index in [9.17, 15) is 0 Å². The van der Waals surface area contributed by atoms with Crippen LogP contribution >= 0.6 is 0 Å². The summed E-state index contributed by atoms with van der Waals surface area (Å²) >= 11 is 0. The Morgan fingerprint density at radius 2 is 2.18 bits per heavy atom. The number of hydrogen-bond acceptors (Lipinski definition) is 1. The predicted molar refractivity (Wildman–Crippen MR) is 44.6 cm³/mol. The Morgan fingerprint density at radius 1 is 1.55 bits per heavy atom. The Hall–Kier alpha value is -0.550. The van der Waals surface area contributed by atoms with Crippen LogP contribution in [0.2, 0.25) is 0 Å². The minimum atomic E-state index is 1.03. The highest BCUT2D eigenvalue weighted by Gasteiger charge is 2.17. The molecule has 1 N–H and O–H groups in total. The zero-order valence-corrected chi connectivity index (χ0v) is 7.56. The van der Waals surface area contributed by atoms with E-state index < -0.39 is 0 Å². The van der Waals surface area contributed by atoms with Gasteiger partial charge in [0, 0.05) is 5.92 Å². The number of quaternary nitrogens is 1. The summed E-state index contributed by atoms with van der Waals surface area (Å²) in [4.78, 5) is 1.73. The van der Waals surface area contributed by atoms with Gasteiger partial charge in [0.05, 0.1) is 20.1 Å². The predicted octanol–water partition coefficient (Wildman–Crippen LogP) is 0.417. The van der Waals surface area contributed by atoms with E-state index in [1.54, 1.807) is 4.90 Å². The van der Waals surface area contributed by atoms with Gasteiger partial charge in [-0.3, -0.25) is 0 Å². The first-order valence-electron chi connectivity index (χ1n) is 4.36. The average Bonchev–Trinajstić information content (AvgIpc) is 2.08. The molecule has 11 heavy (non-hydrogen) atoms. The van der Waals surface area contributed by atoms with Crippen LogP contribution in [0, 0.1) is 17.8 Å². The second-order valence-electron chi connectivity index (χ2n) is 3.33. The highest BCUT2D eigenvalue weighted by molar-refractivity contribution is 4.58. The molecule has 0 aromatic rings. The van der Waals surface area contributed by atoms with Crippen molar-refractivity contribution in [3.05, 3.63) is 6.57 Å². The molecule has 0 spiro atoms. The first kappa shape index (κ1) is 10.4. The Balaban J connectivity index is 0.000000461. The van der Waals surface area contributed by atoms with Gasteiger partial charge in [-0.1, -0.05) is 6.92 Å². The molecule has 64 valence electrons. The molecule has 0 aliphatic carbocycles. The lowest BCUT2D eigenvalue weighted by Crippen LogP contribution is -3.10. The number of nitrogens with one attached hydrogen (secondary N) is 1. The second-order valence-corrected chi connectivity index (χ2v) is 3.33. The summed E-state index contributed by atoms with van der Waals surface area (Å²) in [6, 6.07) is 0. The van der Waals surface area contributed by atoms with Crippen molar-refractivity contribution in [2.45, 2.75) is 26.2 Å². The Bertz CT molecular complexity index is 109. The summed E-state index contributed by atoms with van der Waals surface area (Å²) in [7, 11) is 2.31. The topological polar surface area (TPSA) is 28.2 Å². The number of nitrogens with zero attached hydrogens (tertiary/aromatic N) is 1. The fourth-order valence-electron chi connectivity index (χ4n) is 1.74. The van der Waals surface area contributed by atoms with Crippen LogP contribution in [0.4, 0.5) is 0 Å². The largest absolute Gasteiger partial charge is 0.512 e. The van der Waals surface area contributed by atoms with Crippen molar-refractivity contribution in [1.29, 1.82) is 5.26 Å². The van der Waals surface area contributed by atoms with E-state index in [4.69, 9.17) is 11.8 Å². The molecule has 0 aromatic carbocycles. The van der Waals surface area contributed by atoms with Crippen LogP contribution in [0.25, 0.3) is 0 Å². The van der Waals surface area contributed by atoms with Gasteiger partial charge in [-0.15, -0.1) is 0 Å². The van der Waals surface area contributed by atoms with Gasteiger partial charge in [-0.05, 0) is 19.3 Å². The molecule has 1 fully saturated rings.